The van der Waals surface area contributed by atoms with Crippen molar-refractivity contribution in [3.8, 4) is 0 Å². The summed E-state index contributed by atoms with van der Waals surface area (Å²) in [7, 11) is 0. The highest BCUT2D eigenvalue weighted by molar-refractivity contribution is 7.09. The Bertz CT molecular complexity index is 406. The number of aliphatic carboxylic acids is 1. The molecule has 0 spiro atoms. The number of thiazole rings is 1. The number of aromatic nitrogens is 1. The second kappa shape index (κ2) is 6.34. The first kappa shape index (κ1) is 14.4. The SMILES string of the molecule is CC(NC(=O)N(CC(=O)O)C(C)C)c1nccs1. The lowest BCUT2D eigenvalue weighted by atomic mass is 10.3. The van der Waals surface area contributed by atoms with Gasteiger partial charge in [0, 0.05) is 17.6 Å². The number of hydrogen-bond donors (Lipinski definition) is 2. The fourth-order valence-corrected chi connectivity index (χ4v) is 2.06. The van der Waals surface area contributed by atoms with Crippen LogP contribution in [-0.4, -0.2) is 39.6 Å². The van der Waals surface area contributed by atoms with Crippen LogP contribution in [0.25, 0.3) is 0 Å². The average molecular weight is 271 g/mol. The van der Waals surface area contributed by atoms with Crippen LogP contribution in [0.1, 0.15) is 31.8 Å². The van der Waals surface area contributed by atoms with Crippen LogP contribution < -0.4 is 5.32 Å². The molecule has 0 radical (unpaired) electrons. The molecule has 7 heteroatoms. The predicted octanol–water partition coefficient (Wildman–Crippen LogP) is 1.71. The molecule has 0 saturated carbocycles. The van der Waals surface area contributed by atoms with E-state index in [9.17, 15) is 9.59 Å². The number of nitrogens with one attached hydrogen (secondary N) is 1. The Hall–Kier alpha value is -1.63. The third-order valence-electron chi connectivity index (χ3n) is 2.35. The molecule has 1 rings (SSSR count). The van der Waals surface area contributed by atoms with Crippen LogP contribution in [0.15, 0.2) is 11.6 Å². The summed E-state index contributed by atoms with van der Waals surface area (Å²) in [5, 5.41) is 14.1. The number of carbonyl (C=O) groups excluding carboxylic acids is 1. The van der Waals surface area contributed by atoms with E-state index in [0.717, 1.165) is 5.01 Å². The third-order valence-corrected chi connectivity index (χ3v) is 3.31. The van der Waals surface area contributed by atoms with Gasteiger partial charge in [-0.25, -0.2) is 9.78 Å². The van der Waals surface area contributed by atoms with Crippen LogP contribution >= 0.6 is 11.3 Å². The Morgan fingerprint density at radius 3 is 2.61 bits per heavy atom. The fourth-order valence-electron chi connectivity index (χ4n) is 1.41. The standard InChI is InChI=1S/C11H17N3O3S/c1-7(2)14(6-9(15)16)11(17)13-8(3)10-12-4-5-18-10/h4-5,7-8H,6H2,1-3H3,(H,13,17)(H,15,16). The van der Waals surface area contributed by atoms with E-state index in [0.29, 0.717) is 0 Å². The van der Waals surface area contributed by atoms with Crippen LogP contribution in [-0.2, 0) is 4.79 Å². The highest BCUT2D eigenvalue weighted by atomic mass is 32.1. The van der Waals surface area contributed by atoms with Crippen molar-refractivity contribution in [3.63, 3.8) is 0 Å². The third kappa shape index (κ3) is 3.99. The molecule has 1 aromatic rings. The molecule has 0 aromatic carbocycles. The van der Waals surface area contributed by atoms with Gasteiger partial charge in [0.25, 0.3) is 0 Å². The number of carbonyl (C=O) groups is 2. The number of urea groups is 1. The van der Waals surface area contributed by atoms with Gasteiger partial charge >= 0.3 is 12.0 Å². The van der Waals surface area contributed by atoms with Gasteiger partial charge < -0.3 is 15.3 Å². The smallest absolute Gasteiger partial charge is 0.323 e. The van der Waals surface area contributed by atoms with Gasteiger partial charge in [0.05, 0.1) is 6.04 Å². The minimum absolute atomic E-state index is 0.176. The Balaban J connectivity index is 2.64. The van der Waals surface area contributed by atoms with Gasteiger partial charge in [0.15, 0.2) is 0 Å². The van der Waals surface area contributed by atoms with E-state index in [4.69, 9.17) is 5.11 Å². The molecule has 100 valence electrons. The second-order valence-electron chi connectivity index (χ2n) is 4.16. The van der Waals surface area contributed by atoms with Gasteiger partial charge in [-0.3, -0.25) is 4.79 Å². The van der Waals surface area contributed by atoms with Gasteiger partial charge in [-0.1, -0.05) is 0 Å². The molecule has 0 aliphatic heterocycles. The van der Waals surface area contributed by atoms with Crippen LogP contribution in [0.3, 0.4) is 0 Å². The Morgan fingerprint density at radius 1 is 1.50 bits per heavy atom. The lowest BCUT2D eigenvalue weighted by molar-refractivity contribution is -0.138. The Morgan fingerprint density at radius 2 is 2.17 bits per heavy atom. The molecule has 1 aromatic heterocycles. The van der Waals surface area contributed by atoms with Crippen molar-refractivity contribution in [2.24, 2.45) is 0 Å². The number of rotatable bonds is 5. The summed E-state index contributed by atoms with van der Waals surface area (Å²) in [5.41, 5.74) is 0. The molecular weight excluding hydrogens is 254 g/mol. The summed E-state index contributed by atoms with van der Waals surface area (Å²) < 4.78 is 0. The van der Waals surface area contributed by atoms with Crippen molar-refractivity contribution in [2.45, 2.75) is 32.9 Å². The van der Waals surface area contributed by atoms with Crippen molar-refractivity contribution >= 4 is 23.3 Å². The van der Waals surface area contributed by atoms with Crippen molar-refractivity contribution in [2.75, 3.05) is 6.54 Å². The summed E-state index contributed by atoms with van der Waals surface area (Å²) in [4.78, 5) is 28.0. The van der Waals surface area contributed by atoms with Crippen molar-refractivity contribution < 1.29 is 14.7 Å². The van der Waals surface area contributed by atoms with Gasteiger partial charge in [-0.15, -0.1) is 11.3 Å². The molecule has 1 atom stereocenters. The highest BCUT2D eigenvalue weighted by Crippen LogP contribution is 2.15. The van der Waals surface area contributed by atoms with Gasteiger partial charge in [0.2, 0.25) is 0 Å². The molecule has 0 saturated heterocycles. The zero-order valence-electron chi connectivity index (χ0n) is 10.6. The number of nitrogens with zero attached hydrogens (tertiary/aromatic N) is 2. The fraction of sp³-hybridized carbons (Fsp3) is 0.545. The zero-order chi connectivity index (χ0) is 13.7. The molecule has 0 bridgehead atoms. The van der Waals surface area contributed by atoms with Crippen LogP contribution in [0, 0.1) is 0 Å². The molecule has 2 amide bonds. The van der Waals surface area contributed by atoms with Gasteiger partial charge in [-0.05, 0) is 20.8 Å². The molecule has 1 heterocycles. The summed E-state index contributed by atoms with van der Waals surface area (Å²) in [6, 6.07) is -0.799. The first-order valence-corrected chi connectivity index (χ1v) is 6.48. The number of carboxylic acids is 1. The Labute approximate surface area is 110 Å². The normalized spacial score (nSPS) is 12.2. The summed E-state index contributed by atoms with van der Waals surface area (Å²) in [6.07, 6.45) is 1.67. The summed E-state index contributed by atoms with van der Waals surface area (Å²) >= 11 is 1.45. The van der Waals surface area contributed by atoms with Crippen molar-refractivity contribution in [3.05, 3.63) is 16.6 Å². The highest BCUT2D eigenvalue weighted by Gasteiger charge is 2.22. The number of carboxylic acid groups (broad SMARTS) is 1. The van der Waals surface area contributed by atoms with Crippen LogP contribution in [0.5, 0.6) is 0 Å². The molecule has 0 fully saturated rings. The van der Waals surface area contributed by atoms with E-state index in [-0.39, 0.29) is 18.6 Å². The molecule has 1 unspecified atom stereocenters. The first-order chi connectivity index (χ1) is 8.41. The quantitative estimate of drug-likeness (QED) is 0.854. The Kier molecular flexibility index (Phi) is 5.08. The van der Waals surface area contributed by atoms with Crippen molar-refractivity contribution in [1.82, 2.24) is 15.2 Å². The van der Waals surface area contributed by atoms with Gasteiger partial charge in [0.1, 0.15) is 11.6 Å². The van der Waals surface area contributed by atoms with E-state index in [1.165, 1.54) is 16.2 Å². The van der Waals surface area contributed by atoms with Crippen LogP contribution in [0.2, 0.25) is 0 Å². The lowest BCUT2D eigenvalue weighted by Gasteiger charge is -2.26. The molecule has 2 N–H and O–H groups in total. The molecular formula is C11H17N3O3S. The first-order valence-electron chi connectivity index (χ1n) is 5.60. The van der Waals surface area contributed by atoms with E-state index >= 15 is 0 Å². The van der Waals surface area contributed by atoms with Gasteiger partial charge in [-0.2, -0.15) is 0 Å². The topological polar surface area (TPSA) is 82.5 Å². The maximum Gasteiger partial charge on any atom is 0.323 e. The maximum atomic E-state index is 12.0. The maximum absolute atomic E-state index is 12.0. The molecule has 0 aliphatic rings. The minimum Gasteiger partial charge on any atom is -0.480 e. The molecule has 18 heavy (non-hydrogen) atoms. The number of hydrogen-bond acceptors (Lipinski definition) is 4. The second-order valence-corrected chi connectivity index (χ2v) is 5.08. The summed E-state index contributed by atoms with van der Waals surface area (Å²) in [6.45, 7) is 5.05. The number of amides is 2. The largest absolute Gasteiger partial charge is 0.480 e. The average Bonchev–Trinajstić information content (AvgIpc) is 2.78. The molecule has 0 aliphatic carbocycles. The van der Waals surface area contributed by atoms with E-state index in [2.05, 4.69) is 10.3 Å². The van der Waals surface area contributed by atoms with E-state index in [1.807, 2.05) is 12.3 Å². The predicted molar refractivity (Wildman–Crippen MR) is 68.5 cm³/mol. The van der Waals surface area contributed by atoms with Crippen molar-refractivity contribution in [1.29, 1.82) is 0 Å². The lowest BCUT2D eigenvalue weighted by Crippen LogP contribution is -2.47. The summed E-state index contributed by atoms with van der Waals surface area (Å²) in [5.74, 6) is -1.03. The zero-order valence-corrected chi connectivity index (χ0v) is 11.4. The minimum atomic E-state index is -1.03. The van der Waals surface area contributed by atoms with E-state index < -0.39 is 12.0 Å². The monoisotopic (exact) mass is 271 g/mol. The molecule has 6 nitrogen and oxygen atoms in total. The van der Waals surface area contributed by atoms with Crippen LogP contribution in [0.4, 0.5) is 4.79 Å². The van der Waals surface area contributed by atoms with E-state index in [1.54, 1.807) is 20.0 Å².